The van der Waals surface area contributed by atoms with Crippen LogP contribution in [0.1, 0.15) is 36.2 Å². The molecule has 0 amide bonds. The van der Waals surface area contributed by atoms with Crippen molar-refractivity contribution in [3.05, 3.63) is 47.5 Å². The van der Waals surface area contributed by atoms with Gasteiger partial charge in [-0.15, -0.1) is 0 Å². The number of ketones is 1. The molecule has 2 rings (SSSR count). The summed E-state index contributed by atoms with van der Waals surface area (Å²) in [6.07, 6.45) is 1.35. The summed E-state index contributed by atoms with van der Waals surface area (Å²) in [6, 6.07) is 10.9. The van der Waals surface area contributed by atoms with E-state index in [9.17, 15) is 4.79 Å². The summed E-state index contributed by atoms with van der Waals surface area (Å²) in [7, 11) is 4.69. The van der Waals surface area contributed by atoms with Crippen molar-refractivity contribution in [3.8, 4) is 23.0 Å². The first-order valence-electron chi connectivity index (χ1n) is 8.63. The summed E-state index contributed by atoms with van der Waals surface area (Å²) in [5.74, 6) is 2.11. The first kappa shape index (κ1) is 19.6. The Morgan fingerprint density at radius 2 is 1.50 bits per heavy atom. The maximum Gasteiger partial charge on any atom is 0.203 e. The highest BCUT2D eigenvalue weighted by Gasteiger charge is 2.20. The quantitative estimate of drug-likeness (QED) is 0.625. The molecular formula is C21H26O5. The Morgan fingerprint density at radius 1 is 0.885 bits per heavy atom. The molecule has 1 unspecified atom stereocenters. The smallest absolute Gasteiger partial charge is 0.203 e. The number of hydrogen-bond acceptors (Lipinski definition) is 5. The first-order chi connectivity index (χ1) is 12.5. The summed E-state index contributed by atoms with van der Waals surface area (Å²) in [5.41, 5.74) is 1.67. The number of aryl methyl sites for hydroxylation is 1. The molecule has 2 aromatic rings. The molecule has 0 radical (unpaired) electrons. The predicted octanol–water partition coefficient (Wildman–Crippen LogP) is 4.32. The summed E-state index contributed by atoms with van der Waals surface area (Å²) >= 11 is 0. The van der Waals surface area contributed by atoms with E-state index in [-0.39, 0.29) is 5.78 Å². The highest BCUT2D eigenvalue weighted by atomic mass is 16.5. The molecule has 0 saturated carbocycles. The van der Waals surface area contributed by atoms with Gasteiger partial charge in [-0.25, -0.2) is 0 Å². The molecule has 0 spiro atoms. The van der Waals surface area contributed by atoms with Gasteiger partial charge in [-0.05, 0) is 49.2 Å². The molecule has 140 valence electrons. The largest absolute Gasteiger partial charge is 0.493 e. The third-order valence-electron chi connectivity index (χ3n) is 4.11. The van der Waals surface area contributed by atoms with Crippen molar-refractivity contribution >= 4 is 5.78 Å². The van der Waals surface area contributed by atoms with Crippen molar-refractivity contribution in [2.45, 2.75) is 32.8 Å². The molecule has 0 N–H and O–H groups in total. The van der Waals surface area contributed by atoms with Crippen molar-refractivity contribution in [2.75, 3.05) is 21.3 Å². The topological polar surface area (TPSA) is 54.0 Å². The molecule has 5 nitrogen and oxygen atoms in total. The van der Waals surface area contributed by atoms with E-state index in [2.05, 4.69) is 6.92 Å². The lowest BCUT2D eigenvalue weighted by atomic mass is 10.1. The number of carbonyl (C=O) groups excluding carboxylic acids is 1. The average molecular weight is 358 g/mol. The lowest BCUT2D eigenvalue weighted by molar-refractivity contribution is 0.0813. The Kier molecular flexibility index (Phi) is 6.89. The van der Waals surface area contributed by atoms with Crippen LogP contribution in [-0.2, 0) is 6.42 Å². The van der Waals surface area contributed by atoms with Gasteiger partial charge in [0.15, 0.2) is 29.1 Å². The Morgan fingerprint density at radius 3 is 2.12 bits per heavy atom. The van der Waals surface area contributed by atoms with Crippen molar-refractivity contribution in [3.63, 3.8) is 0 Å². The zero-order chi connectivity index (χ0) is 19.1. The summed E-state index contributed by atoms with van der Waals surface area (Å²) in [6.45, 7) is 3.85. The van der Waals surface area contributed by atoms with Crippen LogP contribution in [-0.4, -0.2) is 33.2 Å². The fraction of sp³-hybridized carbons (Fsp3) is 0.381. The van der Waals surface area contributed by atoms with Crippen LogP contribution >= 0.6 is 0 Å². The number of ether oxygens (including phenoxy) is 4. The highest BCUT2D eigenvalue weighted by Crippen LogP contribution is 2.31. The molecule has 0 aliphatic heterocycles. The lowest BCUT2D eigenvalue weighted by Gasteiger charge is -2.17. The molecule has 0 aliphatic rings. The van der Waals surface area contributed by atoms with Crippen LogP contribution in [0.5, 0.6) is 23.0 Å². The van der Waals surface area contributed by atoms with Crippen LogP contribution in [0.3, 0.4) is 0 Å². The predicted molar refractivity (Wildman–Crippen MR) is 101 cm³/mol. The number of rotatable bonds is 9. The molecule has 0 aliphatic carbocycles. The minimum atomic E-state index is -0.668. The molecule has 0 heterocycles. The summed E-state index contributed by atoms with van der Waals surface area (Å²) < 4.78 is 21.7. The van der Waals surface area contributed by atoms with E-state index in [1.165, 1.54) is 12.7 Å². The Bertz CT molecular complexity index is 754. The molecule has 1 atom stereocenters. The average Bonchev–Trinajstić information content (AvgIpc) is 2.67. The van der Waals surface area contributed by atoms with Gasteiger partial charge in [-0.2, -0.15) is 0 Å². The number of hydrogen-bond donors (Lipinski definition) is 0. The maximum atomic E-state index is 12.7. The maximum absolute atomic E-state index is 12.7. The van der Waals surface area contributed by atoms with Crippen LogP contribution in [0.4, 0.5) is 0 Å². The third kappa shape index (κ3) is 4.48. The van der Waals surface area contributed by atoms with E-state index in [0.29, 0.717) is 28.6 Å². The van der Waals surface area contributed by atoms with Gasteiger partial charge in [0.25, 0.3) is 0 Å². The SMILES string of the molecule is CCCc1ccc(OC(C)C(=O)c2ccc(OC)c(OC)c2)c(OC)c1. The first-order valence-corrected chi connectivity index (χ1v) is 8.63. The second-order valence-electron chi connectivity index (χ2n) is 5.93. The minimum Gasteiger partial charge on any atom is -0.493 e. The number of carbonyl (C=O) groups is 1. The third-order valence-corrected chi connectivity index (χ3v) is 4.11. The van der Waals surface area contributed by atoms with Crippen molar-refractivity contribution in [2.24, 2.45) is 0 Å². The Balaban J connectivity index is 2.19. The zero-order valence-corrected chi connectivity index (χ0v) is 16.0. The standard InChI is InChI=1S/C21H26O5/c1-6-7-15-8-10-18(19(12-15)24-4)26-14(2)21(22)16-9-11-17(23-3)20(13-16)25-5/h8-14H,6-7H2,1-5H3. The van der Waals surface area contributed by atoms with Gasteiger partial charge >= 0.3 is 0 Å². The highest BCUT2D eigenvalue weighted by molar-refractivity contribution is 6.00. The van der Waals surface area contributed by atoms with Gasteiger partial charge in [0, 0.05) is 5.56 Å². The molecule has 0 bridgehead atoms. The van der Waals surface area contributed by atoms with E-state index in [1.54, 1.807) is 39.3 Å². The molecule has 5 heteroatoms. The van der Waals surface area contributed by atoms with Crippen LogP contribution in [0.25, 0.3) is 0 Å². The van der Waals surface area contributed by atoms with E-state index in [4.69, 9.17) is 18.9 Å². The van der Waals surface area contributed by atoms with Crippen LogP contribution in [0.2, 0.25) is 0 Å². The fourth-order valence-corrected chi connectivity index (χ4v) is 2.72. The fourth-order valence-electron chi connectivity index (χ4n) is 2.72. The van der Waals surface area contributed by atoms with Gasteiger partial charge in [-0.3, -0.25) is 4.79 Å². The van der Waals surface area contributed by atoms with Gasteiger partial charge in [0.1, 0.15) is 0 Å². The lowest BCUT2D eigenvalue weighted by Crippen LogP contribution is -2.24. The van der Waals surface area contributed by atoms with Crippen molar-refractivity contribution < 1.29 is 23.7 Å². The van der Waals surface area contributed by atoms with Crippen LogP contribution in [0, 0.1) is 0 Å². The molecule has 0 aromatic heterocycles. The Hall–Kier alpha value is -2.69. The van der Waals surface area contributed by atoms with Crippen LogP contribution < -0.4 is 18.9 Å². The van der Waals surface area contributed by atoms with Gasteiger partial charge in [-0.1, -0.05) is 19.4 Å². The van der Waals surface area contributed by atoms with Crippen LogP contribution in [0.15, 0.2) is 36.4 Å². The van der Waals surface area contributed by atoms with Gasteiger partial charge in [0.05, 0.1) is 21.3 Å². The molecule has 26 heavy (non-hydrogen) atoms. The van der Waals surface area contributed by atoms with Gasteiger partial charge in [0.2, 0.25) is 5.78 Å². The molecular weight excluding hydrogens is 332 g/mol. The number of Topliss-reactive ketones (excluding diaryl/α,β-unsaturated/α-hetero) is 1. The monoisotopic (exact) mass is 358 g/mol. The second kappa shape index (κ2) is 9.13. The van der Waals surface area contributed by atoms with E-state index >= 15 is 0 Å². The second-order valence-corrected chi connectivity index (χ2v) is 5.93. The van der Waals surface area contributed by atoms with E-state index in [1.807, 2.05) is 18.2 Å². The molecule has 0 fully saturated rings. The summed E-state index contributed by atoms with van der Waals surface area (Å²) in [4.78, 5) is 12.7. The van der Waals surface area contributed by atoms with Crippen molar-refractivity contribution in [1.29, 1.82) is 0 Å². The number of benzene rings is 2. The number of methoxy groups -OCH3 is 3. The van der Waals surface area contributed by atoms with E-state index in [0.717, 1.165) is 12.8 Å². The minimum absolute atomic E-state index is 0.148. The summed E-state index contributed by atoms with van der Waals surface area (Å²) in [5, 5.41) is 0. The zero-order valence-electron chi connectivity index (χ0n) is 16.0. The normalized spacial score (nSPS) is 11.6. The molecule has 2 aromatic carbocycles. The Labute approximate surface area is 154 Å². The molecule has 0 saturated heterocycles. The van der Waals surface area contributed by atoms with Crippen molar-refractivity contribution in [1.82, 2.24) is 0 Å². The van der Waals surface area contributed by atoms with Gasteiger partial charge < -0.3 is 18.9 Å². The van der Waals surface area contributed by atoms with E-state index < -0.39 is 6.10 Å².